The Morgan fingerprint density at radius 3 is 2.64 bits per heavy atom. The van der Waals surface area contributed by atoms with E-state index in [0.717, 1.165) is 36.3 Å². The van der Waals surface area contributed by atoms with E-state index in [2.05, 4.69) is 4.90 Å². The van der Waals surface area contributed by atoms with E-state index in [9.17, 15) is 9.59 Å². The van der Waals surface area contributed by atoms with Crippen molar-refractivity contribution in [3.63, 3.8) is 0 Å². The van der Waals surface area contributed by atoms with Crippen molar-refractivity contribution in [3.8, 4) is 22.6 Å². The summed E-state index contributed by atoms with van der Waals surface area (Å²) in [5.74, 6) is 0.147. The van der Waals surface area contributed by atoms with Gasteiger partial charge in [0.05, 0.1) is 31.1 Å². The molecule has 12 heteroatoms. The molecule has 2 fully saturated rings. The zero-order valence-corrected chi connectivity index (χ0v) is 27.5. The summed E-state index contributed by atoms with van der Waals surface area (Å²) in [4.78, 5) is 28.8. The summed E-state index contributed by atoms with van der Waals surface area (Å²) in [6, 6.07) is 18.1. The number of carboxylic acid groups (broad SMARTS) is 1. The average molecular weight is 688 g/mol. The lowest BCUT2D eigenvalue weighted by molar-refractivity contribution is -0.136. The number of carboxylic acids is 1. The lowest BCUT2D eigenvalue weighted by atomic mass is 10.0. The van der Waals surface area contributed by atoms with Gasteiger partial charge in [-0.05, 0) is 66.1 Å². The minimum atomic E-state index is -0.902. The van der Waals surface area contributed by atoms with Crippen LogP contribution in [0.5, 0.6) is 11.5 Å². The zero-order valence-electron chi connectivity index (χ0n) is 24.4. The highest BCUT2D eigenvalue weighted by Crippen LogP contribution is 2.37. The van der Waals surface area contributed by atoms with Gasteiger partial charge >= 0.3 is 5.97 Å². The van der Waals surface area contributed by atoms with Crippen LogP contribution in [0.4, 0.5) is 0 Å². The Balaban J connectivity index is 1.28. The summed E-state index contributed by atoms with van der Waals surface area (Å²) >= 11 is 19.6. The van der Waals surface area contributed by atoms with Crippen molar-refractivity contribution in [2.45, 2.75) is 12.8 Å². The first-order chi connectivity index (χ1) is 21.8. The van der Waals surface area contributed by atoms with Crippen LogP contribution >= 0.6 is 47.2 Å². The van der Waals surface area contributed by atoms with Crippen LogP contribution in [0.1, 0.15) is 17.5 Å². The number of hydrogen-bond acceptors (Lipinski definition) is 8. The molecule has 0 bridgehead atoms. The van der Waals surface area contributed by atoms with Gasteiger partial charge in [-0.1, -0.05) is 65.4 Å². The first-order valence-corrected chi connectivity index (χ1v) is 16.5. The SMILES string of the molecule is O=C(O)Cc1cccc(OCCCN2C(=O)C(=Cc3cc(-c4cc(Cl)ccc4Cl)ccc3OCCN3CCOCC3)SC2=S)c1. The number of thioether (sulfide) groups is 1. The van der Waals surface area contributed by atoms with Crippen molar-refractivity contribution in [1.82, 2.24) is 9.80 Å². The molecule has 0 unspecified atom stereocenters. The number of benzene rings is 3. The molecule has 8 nitrogen and oxygen atoms in total. The third-order valence-corrected chi connectivity index (χ3v) is 9.17. The van der Waals surface area contributed by atoms with E-state index in [0.29, 0.717) is 75.7 Å². The van der Waals surface area contributed by atoms with Gasteiger partial charge in [0.15, 0.2) is 0 Å². The monoisotopic (exact) mass is 686 g/mol. The topological polar surface area (TPSA) is 88.5 Å². The van der Waals surface area contributed by atoms with Crippen LogP contribution in [0.3, 0.4) is 0 Å². The molecule has 0 radical (unpaired) electrons. The number of aliphatic carboxylic acids is 1. The molecule has 1 N–H and O–H groups in total. The van der Waals surface area contributed by atoms with Crippen molar-refractivity contribution in [2.24, 2.45) is 0 Å². The van der Waals surface area contributed by atoms with Gasteiger partial charge in [-0.2, -0.15) is 0 Å². The second-order valence-electron chi connectivity index (χ2n) is 10.4. The molecule has 0 aromatic heterocycles. The molecule has 5 rings (SSSR count). The summed E-state index contributed by atoms with van der Waals surface area (Å²) < 4.78 is 18.0. The summed E-state index contributed by atoms with van der Waals surface area (Å²) in [5, 5.41) is 10.2. The van der Waals surface area contributed by atoms with E-state index in [1.807, 2.05) is 30.3 Å². The molecule has 0 saturated carbocycles. The summed E-state index contributed by atoms with van der Waals surface area (Å²) in [7, 11) is 0. The predicted molar refractivity (Wildman–Crippen MR) is 182 cm³/mol. The molecule has 236 valence electrons. The maximum atomic E-state index is 13.5. The number of carbonyl (C=O) groups is 2. The van der Waals surface area contributed by atoms with Gasteiger partial charge in [0.1, 0.15) is 22.4 Å². The predicted octanol–water partition coefficient (Wildman–Crippen LogP) is 6.67. The van der Waals surface area contributed by atoms with Gasteiger partial charge in [0.25, 0.3) is 5.91 Å². The van der Waals surface area contributed by atoms with Gasteiger partial charge in [0, 0.05) is 47.4 Å². The van der Waals surface area contributed by atoms with Gasteiger partial charge < -0.3 is 19.3 Å². The maximum absolute atomic E-state index is 13.5. The summed E-state index contributed by atoms with van der Waals surface area (Å²) in [5.41, 5.74) is 3.01. The molecule has 2 aliphatic heterocycles. The van der Waals surface area contributed by atoms with Crippen LogP contribution in [-0.4, -0.2) is 83.7 Å². The molecule has 45 heavy (non-hydrogen) atoms. The number of morpholine rings is 1. The Bertz CT molecular complexity index is 1600. The quantitative estimate of drug-likeness (QED) is 0.120. The van der Waals surface area contributed by atoms with Gasteiger partial charge in [0.2, 0.25) is 0 Å². The van der Waals surface area contributed by atoms with Crippen molar-refractivity contribution in [3.05, 3.63) is 86.7 Å². The fourth-order valence-corrected chi connectivity index (χ4v) is 6.65. The Morgan fingerprint density at radius 2 is 1.84 bits per heavy atom. The first kappa shape index (κ1) is 33.2. The van der Waals surface area contributed by atoms with E-state index in [1.165, 1.54) is 11.8 Å². The van der Waals surface area contributed by atoms with Crippen LogP contribution in [0.25, 0.3) is 17.2 Å². The van der Waals surface area contributed by atoms with E-state index >= 15 is 0 Å². The number of thiocarbonyl (C=S) groups is 1. The van der Waals surface area contributed by atoms with Crippen LogP contribution < -0.4 is 9.47 Å². The Labute approximate surface area is 281 Å². The molecule has 3 aromatic rings. The summed E-state index contributed by atoms with van der Waals surface area (Å²) in [6.07, 6.45) is 2.28. The standard InChI is InChI=1S/C33H32Cl2N2O6S2/c34-25-6-7-28(35)27(21-25)23-5-8-29(43-16-12-36-10-14-41-15-11-36)24(19-23)20-30-32(40)37(33(44)45-30)9-2-13-42-26-4-1-3-22(17-26)18-31(38)39/h1,3-8,17,19-21H,2,9-16,18H2,(H,38,39). The van der Waals surface area contributed by atoms with Gasteiger partial charge in [-0.3, -0.25) is 19.4 Å². The van der Waals surface area contributed by atoms with Crippen molar-refractivity contribution >= 4 is 69.5 Å². The number of hydrogen-bond donors (Lipinski definition) is 1. The minimum Gasteiger partial charge on any atom is -0.494 e. The van der Waals surface area contributed by atoms with Crippen LogP contribution in [-0.2, 0) is 20.7 Å². The Morgan fingerprint density at radius 1 is 1.02 bits per heavy atom. The molecule has 0 aliphatic carbocycles. The molecular formula is C33H32Cl2N2O6S2. The smallest absolute Gasteiger partial charge is 0.307 e. The molecule has 2 heterocycles. The highest BCUT2D eigenvalue weighted by molar-refractivity contribution is 8.26. The fraction of sp³-hybridized carbons (Fsp3) is 0.303. The molecule has 2 saturated heterocycles. The second-order valence-corrected chi connectivity index (χ2v) is 13.0. The van der Waals surface area contributed by atoms with Gasteiger partial charge in [-0.25, -0.2) is 0 Å². The highest BCUT2D eigenvalue weighted by Gasteiger charge is 2.32. The lowest BCUT2D eigenvalue weighted by Gasteiger charge is -2.26. The third-order valence-electron chi connectivity index (χ3n) is 7.23. The second kappa shape index (κ2) is 15.9. The van der Waals surface area contributed by atoms with Crippen LogP contribution in [0, 0.1) is 0 Å². The summed E-state index contributed by atoms with van der Waals surface area (Å²) in [6.45, 7) is 5.15. The van der Waals surface area contributed by atoms with E-state index in [1.54, 1.807) is 41.3 Å². The molecule has 0 atom stereocenters. The van der Waals surface area contributed by atoms with Crippen molar-refractivity contribution in [1.29, 1.82) is 0 Å². The number of rotatable bonds is 13. The van der Waals surface area contributed by atoms with Gasteiger partial charge in [-0.15, -0.1) is 0 Å². The van der Waals surface area contributed by atoms with E-state index < -0.39 is 5.97 Å². The largest absolute Gasteiger partial charge is 0.494 e. The Kier molecular flexibility index (Phi) is 11.8. The van der Waals surface area contributed by atoms with E-state index in [-0.39, 0.29) is 12.3 Å². The van der Waals surface area contributed by atoms with Crippen molar-refractivity contribution in [2.75, 3.05) is 52.6 Å². The molecule has 1 amide bonds. The zero-order chi connectivity index (χ0) is 31.8. The normalized spacial score (nSPS) is 16.4. The highest BCUT2D eigenvalue weighted by atomic mass is 35.5. The third kappa shape index (κ3) is 9.22. The number of ether oxygens (including phenoxy) is 3. The number of amides is 1. The first-order valence-electron chi connectivity index (χ1n) is 14.5. The lowest BCUT2D eigenvalue weighted by Crippen LogP contribution is -2.38. The van der Waals surface area contributed by atoms with Crippen molar-refractivity contribution < 1.29 is 28.9 Å². The van der Waals surface area contributed by atoms with E-state index in [4.69, 9.17) is 54.7 Å². The average Bonchev–Trinajstić information content (AvgIpc) is 3.28. The maximum Gasteiger partial charge on any atom is 0.307 e. The molecule has 2 aliphatic rings. The number of halogens is 2. The number of nitrogens with zero attached hydrogens (tertiary/aromatic N) is 2. The molecular weight excluding hydrogens is 655 g/mol. The number of carbonyl (C=O) groups excluding carboxylic acids is 1. The Hall–Kier alpha value is -3.12. The fourth-order valence-electron chi connectivity index (χ4n) is 4.95. The minimum absolute atomic E-state index is 0.0737. The van der Waals surface area contributed by atoms with Crippen LogP contribution in [0.15, 0.2) is 65.6 Å². The molecule has 3 aromatic carbocycles. The molecule has 0 spiro atoms. The van der Waals surface area contributed by atoms with Crippen LogP contribution in [0.2, 0.25) is 10.0 Å².